The minimum absolute atomic E-state index is 0.0146. The molecule has 1 aliphatic heterocycles. The molecule has 0 N–H and O–H groups in total. The third-order valence-electron chi connectivity index (χ3n) is 4.93. The van der Waals surface area contributed by atoms with E-state index in [0.717, 1.165) is 21.9 Å². The van der Waals surface area contributed by atoms with Gasteiger partial charge in [0.1, 0.15) is 11.2 Å². The third kappa shape index (κ3) is 4.96. The molecule has 2 heterocycles. The van der Waals surface area contributed by atoms with Crippen molar-refractivity contribution in [2.75, 3.05) is 19.7 Å². The highest BCUT2D eigenvalue weighted by atomic mass is 127. The Hall–Kier alpha value is -2.10. The fourth-order valence-electron chi connectivity index (χ4n) is 3.66. The first-order valence-electron chi connectivity index (χ1n) is 10.1. The molecule has 2 aromatic rings. The fraction of sp³-hybridized carbons (Fsp3) is 0.500. The Morgan fingerprint density at radius 3 is 2.67 bits per heavy atom. The van der Waals surface area contributed by atoms with Gasteiger partial charge in [-0.15, -0.1) is 0 Å². The van der Waals surface area contributed by atoms with Crippen LogP contribution in [0.1, 0.15) is 56.9 Å². The number of carbonyl (C=O) groups excluding carboxylic acids is 2. The standard InChI is InChI=1S/C22H27IN2O5/c1-5-29-20(27)17-13-25(18-9-8-14(23)11-16(18)19(17)26)15-7-6-10-24(12-15)21(28)30-22(2,3)4/h8-9,11,13,15H,5-7,10,12H2,1-4H3/t15-/m1/s1. The molecule has 0 saturated carbocycles. The van der Waals surface area contributed by atoms with Crippen LogP contribution in [0.25, 0.3) is 10.9 Å². The summed E-state index contributed by atoms with van der Waals surface area (Å²) in [5.74, 6) is -0.628. The summed E-state index contributed by atoms with van der Waals surface area (Å²) in [6.07, 6.45) is 2.86. The highest BCUT2D eigenvalue weighted by Gasteiger charge is 2.29. The quantitative estimate of drug-likeness (QED) is 0.439. The zero-order valence-corrected chi connectivity index (χ0v) is 19.9. The minimum Gasteiger partial charge on any atom is -0.462 e. The maximum Gasteiger partial charge on any atom is 0.410 e. The third-order valence-corrected chi connectivity index (χ3v) is 5.60. The Morgan fingerprint density at radius 1 is 1.27 bits per heavy atom. The predicted octanol–water partition coefficient (Wildman–Crippen LogP) is 4.35. The van der Waals surface area contributed by atoms with E-state index >= 15 is 0 Å². The van der Waals surface area contributed by atoms with E-state index in [9.17, 15) is 14.4 Å². The van der Waals surface area contributed by atoms with E-state index < -0.39 is 11.6 Å². The number of ether oxygens (including phenoxy) is 2. The lowest BCUT2D eigenvalue weighted by atomic mass is 10.0. The lowest BCUT2D eigenvalue weighted by Gasteiger charge is -2.35. The number of aromatic nitrogens is 1. The van der Waals surface area contributed by atoms with E-state index in [1.54, 1.807) is 24.1 Å². The number of halogens is 1. The van der Waals surface area contributed by atoms with Crippen LogP contribution in [-0.4, -0.2) is 46.8 Å². The van der Waals surface area contributed by atoms with Gasteiger partial charge in [0, 0.05) is 28.2 Å². The van der Waals surface area contributed by atoms with Crippen LogP contribution in [0.3, 0.4) is 0 Å². The van der Waals surface area contributed by atoms with Crippen LogP contribution in [0.4, 0.5) is 4.79 Å². The smallest absolute Gasteiger partial charge is 0.410 e. The Kier molecular flexibility index (Phi) is 6.74. The maximum absolute atomic E-state index is 13.0. The second-order valence-electron chi connectivity index (χ2n) is 8.38. The van der Waals surface area contributed by atoms with Crippen molar-refractivity contribution in [1.29, 1.82) is 0 Å². The zero-order chi connectivity index (χ0) is 22.1. The van der Waals surface area contributed by atoms with Gasteiger partial charge in [0.25, 0.3) is 0 Å². The molecule has 1 aromatic heterocycles. The molecule has 162 valence electrons. The second-order valence-corrected chi connectivity index (χ2v) is 9.63. The predicted molar refractivity (Wildman–Crippen MR) is 123 cm³/mol. The number of fused-ring (bicyclic) bond motifs is 1. The molecule has 0 unspecified atom stereocenters. The van der Waals surface area contributed by atoms with Crippen molar-refractivity contribution in [1.82, 2.24) is 9.47 Å². The van der Waals surface area contributed by atoms with Gasteiger partial charge in [-0.3, -0.25) is 4.79 Å². The molecule has 30 heavy (non-hydrogen) atoms. The Balaban J connectivity index is 2.04. The summed E-state index contributed by atoms with van der Waals surface area (Å²) in [7, 11) is 0. The number of likely N-dealkylation sites (tertiary alicyclic amines) is 1. The number of hydrogen-bond donors (Lipinski definition) is 0. The number of piperidine rings is 1. The van der Waals surface area contributed by atoms with E-state index in [2.05, 4.69) is 22.6 Å². The molecule has 0 radical (unpaired) electrons. The monoisotopic (exact) mass is 526 g/mol. The molecule has 1 aliphatic rings. The van der Waals surface area contributed by atoms with Gasteiger partial charge in [-0.2, -0.15) is 0 Å². The Bertz CT molecular complexity index is 1020. The number of esters is 1. The molecule has 1 fully saturated rings. The summed E-state index contributed by atoms with van der Waals surface area (Å²) >= 11 is 2.15. The van der Waals surface area contributed by atoms with E-state index in [0.29, 0.717) is 18.5 Å². The van der Waals surface area contributed by atoms with Crippen molar-refractivity contribution >= 4 is 45.6 Å². The van der Waals surface area contributed by atoms with Crippen molar-refractivity contribution < 1.29 is 19.1 Å². The molecule has 1 amide bonds. The highest BCUT2D eigenvalue weighted by Crippen LogP contribution is 2.27. The molecule has 1 atom stereocenters. The number of pyridine rings is 1. The fourth-order valence-corrected chi connectivity index (χ4v) is 4.15. The normalized spacial score (nSPS) is 17.1. The average molecular weight is 526 g/mol. The molecule has 8 heteroatoms. The van der Waals surface area contributed by atoms with Gasteiger partial charge in [-0.1, -0.05) is 0 Å². The van der Waals surface area contributed by atoms with E-state index in [4.69, 9.17) is 9.47 Å². The van der Waals surface area contributed by atoms with Gasteiger partial charge < -0.3 is 18.9 Å². The molecular formula is C22H27IN2O5. The molecule has 0 bridgehead atoms. The number of nitrogens with zero attached hydrogens (tertiary/aromatic N) is 2. The summed E-state index contributed by atoms with van der Waals surface area (Å²) in [4.78, 5) is 39.7. The largest absolute Gasteiger partial charge is 0.462 e. The number of amides is 1. The number of carbonyl (C=O) groups is 2. The Morgan fingerprint density at radius 2 is 2.00 bits per heavy atom. The van der Waals surface area contributed by atoms with E-state index in [-0.39, 0.29) is 29.7 Å². The van der Waals surface area contributed by atoms with Gasteiger partial charge in [-0.25, -0.2) is 9.59 Å². The zero-order valence-electron chi connectivity index (χ0n) is 17.7. The van der Waals surface area contributed by atoms with Crippen molar-refractivity contribution in [3.05, 3.63) is 43.8 Å². The van der Waals surface area contributed by atoms with E-state index in [1.807, 2.05) is 37.5 Å². The van der Waals surface area contributed by atoms with Gasteiger partial charge in [0.15, 0.2) is 0 Å². The first-order valence-corrected chi connectivity index (χ1v) is 11.2. The van der Waals surface area contributed by atoms with Gasteiger partial charge >= 0.3 is 12.1 Å². The van der Waals surface area contributed by atoms with Crippen molar-refractivity contribution in [2.45, 2.75) is 52.2 Å². The number of hydrogen-bond acceptors (Lipinski definition) is 5. The van der Waals surface area contributed by atoms with Crippen LogP contribution in [0.5, 0.6) is 0 Å². The summed E-state index contributed by atoms with van der Waals surface area (Å²) in [5, 5.41) is 0.474. The molecule has 1 aromatic carbocycles. The molecule has 3 rings (SSSR count). The molecule has 1 saturated heterocycles. The van der Waals surface area contributed by atoms with Crippen LogP contribution in [0, 0.1) is 3.57 Å². The van der Waals surface area contributed by atoms with Crippen LogP contribution in [0.15, 0.2) is 29.2 Å². The SMILES string of the molecule is CCOC(=O)c1cn([C@@H]2CCCN(C(=O)OC(C)(C)C)C2)c2ccc(I)cc2c1=O. The number of benzene rings is 1. The lowest BCUT2D eigenvalue weighted by Crippen LogP contribution is -2.43. The first kappa shape index (κ1) is 22.6. The topological polar surface area (TPSA) is 77.8 Å². The summed E-state index contributed by atoms with van der Waals surface area (Å²) < 4.78 is 13.5. The van der Waals surface area contributed by atoms with Gasteiger partial charge in [0.2, 0.25) is 5.43 Å². The van der Waals surface area contributed by atoms with Crippen LogP contribution < -0.4 is 5.43 Å². The summed E-state index contributed by atoms with van der Waals surface area (Å²) in [5.41, 5.74) is -0.148. The van der Waals surface area contributed by atoms with E-state index in [1.165, 1.54) is 0 Å². The van der Waals surface area contributed by atoms with Crippen molar-refractivity contribution in [3.8, 4) is 0 Å². The van der Waals surface area contributed by atoms with Crippen LogP contribution in [0.2, 0.25) is 0 Å². The molecule has 7 nitrogen and oxygen atoms in total. The van der Waals surface area contributed by atoms with Crippen LogP contribution in [-0.2, 0) is 9.47 Å². The highest BCUT2D eigenvalue weighted by molar-refractivity contribution is 14.1. The minimum atomic E-state index is -0.628. The van der Waals surface area contributed by atoms with Crippen molar-refractivity contribution in [2.24, 2.45) is 0 Å². The van der Waals surface area contributed by atoms with Crippen LogP contribution >= 0.6 is 22.6 Å². The van der Waals surface area contributed by atoms with Gasteiger partial charge in [-0.05, 0) is 81.3 Å². The lowest BCUT2D eigenvalue weighted by molar-refractivity contribution is 0.0173. The molecule has 0 aliphatic carbocycles. The first-order chi connectivity index (χ1) is 14.1. The van der Waals surface area contributed by atoms with Gasteiger partial charge in [0.05, 0.1) is 18.2 Å². The Labute approximate surface area is 189 Å². The second kappa shape index (κ2) is 8.95. The van der Waals surface area contributed by atoms with Crippen molar-refractivity contribution in [3.63, 3.8) is 0 Å². The average Bonchev–Trinajstić information content (AvgIpc) is 2.67. The molecular weight excluding hydrogens is 499 g/mol. The summed E-state index contributed by atoms with van der Waals surface area (Å²) in [6.45, 7) is 8.49. The summed E-state index contributed by atoms with van der Waals surface area (Å²) in [6, 6.07) is 5.52. The maximum atomic E-state index is 13.0. The molecule has 0 spiro atoms. The number of rotatable bonds is 3.